The second kappa shape index (κ2) is 5.24. The molecule has 0 bridgehead atoms. The van der Waals surface area contributed by atoms with Gasteiger partial charge in [0.1, 0.15) is 4.88 Å². The van der Waals surface area contributed by atoms with Gasteiger partial charge in [0.05, 0.1) is 18.3 Å². The van der Waals surface area contributed by atoms with E-state index in [1.54, 1.807) is 6.92 Å². The van der Waals surface area contributed by atoms with E-state index in [2.05, 4.69) is 14.9 Å². The number of aromatic nitrogens is 2. The fourth-order valence-electron chi connectivity index (χ4n) is 1.59. The lowest BCUT2D eigenvalue weighted by molar-refractivity contribution is 0.0853. The van der Waals surface area contributed by atoms with Gasteiger partial charge in [-0.15, -0.1) is 5.10 Å². The monoisotopic (exact) mass is 263 g/mol. The molecule has 0 aliphatic carbocycles. The normalized spacial score (nSPS) is 13.9. The Hall–Kier alpha value is -1.79. The van der Waals surface area contributed by atoms with Crippen molar-refractivity contribution in [2.24, 2.45) is 0 Å². The van der Waals surface area contributed by atoms with Crippen molar-refractivity contribution in [1.29, 1.82) is 0 Å². The summed E-state index contributed by atoms with van der Waals surface area (Å²) >= 11 is 1.02. The van der Waals surface area contributed by atoms with Gasteiger partial charge in [-0.1, -0.05) is 34.8 Å². The van der Waals surface area contributed by atoms with E-state index in [0.29, 0.717) is 4.88 Å². The highest BCUT2D eigenvalue weighted by Gasteiger charge is 2.28. The predicted molar refractivity (Wildman–Crippen MR) is 68.3 cm³/mol. The summed E-state index contributed by atoms with van der Waals surface area (Å²) in [6.07, 6.45) is 1.41. The number of rotatable bonds is 4. The lowest BCUT2D eigenvalue weighted by Gasteiger charge is -2.28. The van der Waals surface area contributed by atoms with E-state index in [-0.39, 0.29) is 12.5 Å². The molecule has 0 aliphatic rings. The van der Waals surface area contributed by atoms with Crippen molar-refractivity contribution in [2.45, 2.75) is 12.5 Å². The molecule has 1 aromatic carbocycles. The molecule has 5 nitrogen and oxygen atoms in total. The molecule has 2 aromatic rings. The highest BCUT2D eigenvalue weighted by atomic mass is 32.1. The fraction of sp³-hybridized carbons (Fsp3) is 0.250. The van der Waals surface area contributed by atoms with E-state index in [9.17, 15) is 9.90 Å². The van der Waals surface area contributed by atoms with Crippen LogP contribution in [0.4, 0.5) is 0 Å². The first-order chi connectivity index (χ1) is 8.65. The molecule has 0 aliphatic heterocycles. The van der Waals surface area contributed by atoms with Crippen LogP contribution in [0, 0.1) is 0 Å². The third-order valence-electron chi connectivity index (χ3n) is 2.70. The van der Waals surface area contributed by atoms with E-state index in [1.807, 2.05) is 30.3 Å². The summed E-state index contributed by atoms with van der Waals surface area (Å²) < 4.78 is 3.64. The van der Waals surface area contributed by atoms with E-state index in [1.165, 1.54) is 6.20 Å². The Balaban J connectivity index is 2.21. The first-order valence-corrected chi connectivity index (χ1v) is 6.19. The molecule has 18 heavy (non-hydrogen) atoms. The molecule has 6 heteroatoms. The molecular formula is C12H13N3O2S. The molecule has 0 fully saturated rings. The van der Waals surface area contributed by atoms with Crippen molar-refractivity contribution < 1.29 is 9.90 Å². The number of carbonyl (C=O) groups excluding carboxylic acids is 1. The van der Waals surface area contributed by atoms with E-state index in [0.717, 1.165) is 17.1 Å². The number of benzene rings is 1. The average Bonchev–Trinajstić information content (AvgIpc) is 2.93. The summed E-state index contributed by atoms with van der Waals surface area (Å²) in [6.45, 7) is 1.59. The summed E-state index contributed by atoms with van der Waals surface area (Å²) in [5.74, 6) is -0.287. The maximum Gasteiger partial charge on any atom is 0.265 e. The van der Waals surface area contributed by atoms with Gasteiger partial charge in [0, 0.05) is 0 Å². The number of aliphatic hydroxyl groups excluding tert-OH is 1. The number of nitrogens with one attached hydrogen (secondary N) is 1. The standard InChI is InChI=1S/C12H13N3O2S/c1-12(8-16,9-5-3-2-4-6-9)14-11(17)10-7-13-15-18-10/h2-7,16H,8H2,1H3,(H,14,17). The Morgan fingerprint density at radius 3 is 2.72 bits per heavy atom. The van der Waals surface area contributed by atoms with Gasteiger partial charge in [-0.25, -0.2) is 0 Å². The van der Waals surface area contributed by atoms with Crippen LogP contribution in [0.15, 0.2) is 36.5 Å². The molecule has 1 heterocycles. The smallest absolute Gasteiger partial charge is 0.265 e. The lowest BCUT2D eigenvalue weighted by atomic mass is 9.93. The molecule has 0 saturated carbocycles. The SMILES string of the molecule is CC(CO)(NC(=O)c1cnns1)c1ccccc1. The quantitative estimate of drug-likeness (QED) is 0.868. The van der Waals surface area contributed by atoms with Crippen molar-refractivity contribution >= 4 is 17.4 Å². The zero-order valence-corrected chi connectivity index (χ0v) is 10.6. The minimum absolute atomic E-state index is 0.186. The lowest BCUT2D eigenvalue weighted by Crippen LogP contribution is -2.46. The van der Waals surface area contributed by atoms with Crippen LogP contribution in [-0.2, 0) is 5.54 Å². The number of nitrogens with zero attached hydrogens (tertiary/aromatic N) is 2. The molecule has 1 atom stereocenters. The second-order valence-electron chi connectivity index (χ2n) is 4.09. The topological polar surface area (TPSA) is 75.1 Å². The average molecular weight is 263 g/mol. The summed E-state index contributed by atoms with van der Waals surface area (Å²) in [4.78, 5) is 12.4. The van der Waals surface area contributed by atoms with Crippen molar-refractivity contribution in [2.75, 3.05) is 6.61 Å². The van der Waals surface area contributed by atoms with Gasteiger partial charge in [-0.05, 0) is 24.0 Å². The zero-order valence-electron chi connectivity index (χ0n) is 9.83. The zero-order chi connectivity index (χ0) is 13.0. The molecule has 0 radical (unpaired) electrons. The molecule has 2 rings (SSSR count). The number of hydrogen-bond acceptors (Lipinski definition) is 5. The molecule has 0 spiro atoms. The van der Waals surface area contributed by atoms with Gasteiger partial charge in [-0.3, -0.25) is 4.79 Å². The third-order valence-corrected chi connectivity index (χ3v) is 3.37. The van der Waals surface area contributed by atoms with Crippen molar-refractivity contribution in [3.8, 4) is 0 Å². The maximum atomic E-state index is 12.0. The first-order valence-electron chi connectivity index (χ1n) is 5.42. The van der Waals surface area contributed by atoms with Gasteiger partial charge >= 0.3 is 0 Å². The summed E-state index contributed by atoms with van der Waals surface area (Å²) in [6, 6.07) is 9.34. The molecule has 1 unspecified atom stereocenters. The Bertz CT molecular complexity index is 515. The summed E-state index contributed by atoms with van der Waals surface area (Å²) in [5, 5.41) is 16.0. The number of carbonyl (C=O) groups is 1. The molecule has 94 valence electrons. The van der Waals surface area contributed by atoms with Crippen LogP contribution in [0.5, 0.6) is 0 Å². The molecule has 1 amide bonds. The number of amides is 1. The van der Waals surface area contributed by atoms with Crippen molar-refractivity contribution in [1.82, 2.24) is 14.9 Å². The van der Waals surface area contributed by atoms with Crippen LogP contribution in [0.25, 0.3) is 0 Å². The Kier molecular flexibility index (Phi) is 3.69. The number of hydrogen-bond donors (Lipinski definition) is 2. The minimum Gasteiger partial charge on any atom is -0.394 e. The minimum atomic E-state index is -0.817. The molecule has 1 aromatic heterocycles. The predicted octanol–water partition coefficient (Wildman–Crippen LogP) is 1.18. The Labute approximate surface area is 109 Å². The van der Waals surface area contributed by atoms with Gasteiger partial charge < -0.3 is 10.4 Å². The van der Waals surface area contributed by atoms with Gasteiger partial charge in [0.15, 0.2) is 0 Å². The highest BCUT2D eigenvalue weighted by Crippen LogP contribution is 2.20. The Morgan fingerprint density at radius 2 is 2.17 bits per heavy atom. The van der Waals surface area contributed by atoms with Crippen LogP contribution in [0.3, 0.4) is 0 Å². The largest absolute Gasteiger partial charge is 0.394 e. The van der Waals surface area contributed by atoms with Crippen LogP contribution < -0.4 is 5.32 Å². The van der Waals surface area contributed by atoms with E-state index in [4.69, 9.17) is 0 Å². The first kappa shape index (κ1) is 12.7. The molecule has 0 saturated heterocycles. The highest BCUT2D eigenvalue weighted by molar-refractivity contribution is 7.07. The fourth-order valence-corrected chi connectivity index (χ4v) is 2.00. The van der Waals surface area contributed by atoms with Crippen LogP contribution in [0.1, 0.15) is 22.2 Å². The van der Waals surface area contributed by atoms with Crippen LogP contribution in [-0.4, -0.2) is 27.2 Å². The van der Waals surface area contributed by atoms with Gasteiger partial charge in [-0.2, -0.15) is 0 Å². The van der Waals surface area contributed by atoms with Gasteiger partial charge in [0.25, 0.3) is 5.91 Å². The van der Waals surface area contributed by atoms with Crippen molar-refractivity contribution in [3.05, 3.63) is 47.0 Å². The summed E-state index contributed by atoms with van der Waals surface area (Å²) in [5.41, 5.74) is 0.0285. The second-order valence-corrected chi connectivity index (χ2v) is 4.88. The number of aliphatic hydroxyl groups is 1. The summed E-state index contributed by atoms with van der Waals surface area (Å²) in [7, 11) is 0. The van der Waals surface area contributed by atoms with Crippen LogP contribution >= 0.6 is 11.5 Å². The third kappa shape index (κ3) is 2.55. The van der Waals surface area contributed by atoms with Crippen LogP contribution in [0.2, 0.25) is 0 Å². The van der Waals surface area contributed by atoms with E-state index < -0.39 is 5.54 Å². The molecule has 2 N–H and O–H groups in total. The van der Waals surface area contributed by atoms with Crippen molar-refractivity contribution in [3.63, 3.8) is 0 Å². The molecular weight excluding hydrogens is 250 g/mol. The maximum absolute atomic E-state index is 12.0. The van der Waals surface area contributed by atoms with E-state index >= 15 is 0 Å². The Morgan fingerprint density at radius 1 is 1.44 bits per heavy atom. The van der Waals surface area contributed by atoms with Gasteiger partial charge in [0.2, 0.25) is 0 Å².